The summed E-state index contributed by atoms with van der Waals surface area (Å²) < 4.78 is 5.19. The first-order chi connectivity index (χ1) is 8.29. The van der Waals surface area contributed by atoms with Crippen molar-refractivity contribution in [1.82, 2.24) is 10.1 Å². The van der Waals surface area contributed by atoms with Gasteiger partial charge in [-0.05, 0) is 19.3 Å². The first-order valence-corrected chi connectivity index (χ1v) is 7.54. The highest BCUT2D eigenvalue weighted by atomic mass is 32.2. The van der Waals surface area contributed by atoms with Crippen molar-refractivity contribution in [3.8, 4) is 0 Å². The Morgan fingerprint density at radius 1 is 1.47 bits per heavy atom. The second kappa shape index (κ2) is 6.40. The molecule has 1 heterocycles. The van der Waals surface area contributed by atoms with Crippen molar-refractivity contribution in [2.75, 3.05) is 0 Å². The van der Waals surface area contributed by atoms with Crippen molar-refractivity contribution in [3.05, 3.63) is 11.7 Å². The van der Waals surface area contributed by atoms with Crippen LogP contribution in [0.2, 0.25) is 0 Å². The van der Waals surface area contributed by atoms with Crippen LogP contribution in [0.25, 0.3) is 0 Å². The molecule has 1 atom stereocenters. The Kier molecular flexibility index (Phi) is 4.86. The van der Waals surface area contributed by atoms with Gasteiger partial charge < -0.3 is 10.3 Å². The van der Waals surface area contributed by atoms with E-state index in [1.165, 1.54) is 25.7 Å². The molecule has 0 saturated heterocycles. The highest BCUT2D eigenvalue weighted by Gasteiger charge is 2.18. The van der Waals surface area contributed by atoms with Gasteiger partial charge in [0, 0.05) is 5.25 Å². The van der Waals surface area contributed by atoms with E-state index in [2.05, 4.69) is 17.1 Å². The Bertz CT molecular complexity index is 336. The molecule has 96 valence electrons. The van der Waals surface area contributed by atoms with Gasteiger partial charge in [0.15, 0.2) is 5.82 Å². The lowest BCUT2D eigenvalue weighted by Crippen LogP contribution is -2.10. The summed E-state index contributed by atoms with van der Waals surface area (Å²) in [5, 5.41) is 4.79. The second-order valence-corrected chi connectivity index (χ2v) is 5.95. The number of nitrogens with zero attached hydrogens (tertiary/aromatic N) is 2. The first kappa shape index (κ1) is 12.9. The maximum atomic E-state index is 5.93. The molecule has 0 radical (unpaired) electrons. The van der Waals surface area contributed by atoms with Gasteiger partial charge in [0.1, 0.15) is 0 Å². The van der Waals surface area contributed by atoms with Crippen LogP contribution in [-0.2, 0) is 5.75 Å². The summed E-state index contributed by atoms with van der Waals surface area (Å²) >= 11 is 1.95. The van der Waals surface area contributed by atoms with Gasteiger partial charge in [0.05, 0.1) is 11.8 Å². The van der Waals surface area contributed by atoms with Crippen molar-refractivity contribution in [2.45, 2.75) is 62.5 Å². The van der Waals surface area contributed by atoms with E-state index in [0.29, 0.717) is 5.89 Å². The summed E-state index contributed by atoms with van der Waals surface area (Å²) in [5.74, 6) is 2.24. The molecule has 0 amide bonds. The summed E-state index contributed by atoms with van der Waals surface area (Å²) in [4.78, 5) is 4.37. The van der Waals surface area contributed by atoms with Crippen LogP contribution in [-0.4, -0.2) is 15.4 Å². The number of aromatic nitrogens is 2. The SMILES string of the molecule is CCC[C@@H](N)c1nc(CSC2CCCC2)no1. The minimum atomic E-state index is -0.0993. The van der Waals surface area contributed by atoms with E-state index in [-0.39, 0.29) is 6.04 Å². The predicted molar refractivity (Wildman–Crippen MR) is 69.7 cm³/mol. The van der Waals surface area contributed by atoms with E-state index >= 15 is 0 Å². The smallest absolute Gasteiger partial charge is 0.243 e. The monoisotopic (exact) mass is 255 g/mol. The lowest BCUT2D eigenvalue weighted by molar-refractivity contribution is 0.345. The van der Waals surface area contributed by atoms with Crippen LogP contribution in [0, 0.1) is 0 Å². The van der Waals surface area contributed by atoms with Crippen LogP contribution in [0.15, 0.2) is 4.52 Å². The zero-order valence-corrected chi connectivity index (χ0v) is 11.2. The molecule has 2 rings (SSSR count). The number of hydrogen-bond acceptors (Lipinski definition) is 5. The van der Waals surface area contributed by atoms with Gasteiger partial charge >= 0.3 is 0 Å². The molecule has 2 N–H and O–H groups in total. The first-order valence-electron chi connectivity index (χ1n) is 6.49. The molecule has 1 fully saturated rings. The molecule has 4 nitrogen and oxygen atoms in total. The van der Waals surface area contributed by atoms with Gasteiger partial charge in [-0.3, -0.25) is 0 Å². The molecule has 1 aromatic heterocycles. The Hall–Kier alpha value is -0.550. The molecular formula is C12H21N3OS. The summed E-state index contributed by atoms with van der Waals surface area (Å²) in [6.45, 7) is 2.10. The second-order valence-electron chi connectivity index (χ2n) is 4.66. The van der Waals surface area contributed by atoms with E-state index in [1.807, 2.05) is 11.8 Å². The van der Waals surface area contributed by atoms with E-state index in [1.54, 1.807) is 0 Å². The molecule has 1 saturated carbocycles. The Balaban J connectivity index is 1.80. The fraction of sp³-hybridized carbons (Fsp3) is 0.833. The highest BCUT2D eigenvalue weighted by Crippen LogP contribution is 2.31. The van der Waals surface area contributed by atoms with E-state index in [4.69, 9.17) is 10.3 Å². The van der Waals surface area contributed by atoms with Crippen molar-refractivity contribution < 1.29 is 4.52 Å². The highest BCUT2D eigenvalue weighted by molar-refractivity contribution is 7.99. The van der Waals surface area contributed by atoms with Crippen LogP contribution in [0.4, 0.5) is 0 Å². The topological polar surface area (TPSA) is 64.9 Å². The van der Waals surface area contributed by atoms with Gasteiger partial charge in [-0.15, -0.1) is 0 Å². The molecule has 0 bridgehead atoms. The Labute approximate surface area is 107 Å². The fourth-order valence-electron chi connectivity index (χ4n) is 2.16. The van der Waals surface area contributed by atoms with Crippen molar-refractivity contribution in [3.63, 3.8) is 0 Å². The van der Waals surface area contributed by atoms with Gasteiger partial charge in [0.25, 0.3) is 0 Å². The molecule has 0 aromatic carbocycles. The average molecular weight is 255 g/mol. The van der Waals surface area contributed by atoms with Crippen LogP contribution in [0.1, 0.15) is 63.2 Å². The molecule has 1 aliphatic carbocycles. The summed E-state index contributed by atoms with van der Waals surface area (Å²) in [6.07, 6.45) is 7.36. The lowest BCUT2D eigenvalue weighted by atomic mass is 10.2. The van der Waals surface area contributed by atoms with Crippen LogP contribution in [0.3, 0.4) is 0 Å². The van der Waals surface area contributed by atoms with Gasteiger partial charge in [0.2, 0.25) is 5.89 Å². The molecule has 1 aromatic rings. The molecule has 1 aliphatic rings. The van der Waals surface area contributed by atoms with Gasteiger partial charge in [-0.25, -0.2) is 0 Å². The van der Waals surface area contributed by atoms with E-state index in [0.717, 1.165) is 29.7 Å². The van der Waals surface area contributed by atoms with Gasteiger partial charge in [-0.2, -0.15) is 16.7 Å². The molecule has 17 heavy (non-hydrogen) atoms. The normalized spacial score (nSPS) is 18.7. The lowest BCUT2D eigenvalue weighted by Gasteiger charge is -2.05. The van der Waals surface area contributed by atoms with Crippen molar-refractivity contribution >= 4 is 11.8 Å². The maximum absolute atomic E-state index is 5.93. The Morgan fingerprint density at radius 2 is 2.24 bits per heavy atom. The fourth-order valence-corrected chi connectivity index (χ4v) is 3.33. The standard InChI is InChI=1S/C12H21N3OS/c1-2-5-10(13)12-14-11(15-16-12)8-17-9-6-3-4-7-9/h9-10H,2-8,13H2,1H3/t10-/m1/s1. The molecule has 0 spiro atoms. The number of thioether (sulfide) groups is 1. The largest absolute Gasteiger partial charge is 0.338 e. The van der Waals surface area contributed by atoms with Crippen LogP contribution in [0.5, 0.6) is 0 Å². The zero-order chi connectivity index (χ0) is 12.1. The van der Waals surface area contributed by atoms with E-state index < -0.39 is 0 Å². The minimum absolute atomic E-state index is 0.0993. The quantitative estimate of drug-likeness (QED) is 0.846. The van der Waals surface area contributed by atoms with Crippen molar-refractivity contribution in [2.24, 2.45) is 5.73 Å². The average Bonchev–Trinajstić information content (AvgIpc) is 2.98. The maximum Gasteiger partial charge on any atom is 0.243 e. The third-order valence-corrected chi connectivity index (χ3v) is 4.52. The number of nitrogens with two attached hydrogens (primary N) is 1. The third-order valence-electron chi connectivity index (χ3n) is 3.15. The van der Waals surface area contributed by atoms with Crippen LogP contribution < -0.4 is 5.73 Å². The van der Waals surface area contributed by atoms with Crippen LogP contribution >= 0.6 is 11.8 Å². The molecule has 5 heteroatoms. The van der Waals surface area contributed by atoms with Crippen molar-refractivity contribution in [1.29, 1.82) is 0 Å². The van der Waals surface area contributed by atoms with E-state index in [9.17, 15) is 0 Å². The molecule has 0 unspecified atom stereocenters. The minimum Gasteiger partial charge on any atom is -0.338 e. The Morgan fingerprint density at radius 3 is 2.94 bits per heavy atom. The number of rotatable bonds is 6. The summed E-state index contributed by atoms with van der Waals surface area (Å²) in [6, 6.07) is -0.0993. The summed E-state index contributed by atoms with van der Waals surface area (Å²) in [7, 11) is 0. The third kappa shape index (κ3) is 3.71. The predicted octanol–water partition coefficient (Wildman–Crippen LogP) is 3.05. The molecular weight excluding hydrogens is 234 g/mol. The van der Waals surface area contributed by atoms with Gasteiger partial charge in [-0.1, -0.05) is 31.3 Å². The zero-order valence-electron chi connectivity index (χ0n) is 10.4. The molecule has 0 aliphatic heterocycles. The number of hydrogen-bond donors (Lipinski definition) is 1. The summed E-state index contributed by atoms with van der Waals surface area (Å²) in [5.41, 5.74) is 5.93.